The Morgan fingerprint density at radius 1 is 0.867 bits per heavy atom. The molecule has 0 bridgehead atoms. The van der Waals surface area contributed by atoms with Crippen LogP contribution < -0.4 is 26.0 Å². The van der Waals surface area contributed by atoms with E-state index in [2.05, 4.69) is 45.3 Å². The van der Waals surface area contributed by atoms with Gasteiger partial charge in [-0.05, 0) is 83.3 Å². The first-order valence-corrected chi connectivity index (χ1v) is 26.7. The van der Waals surface area contributed by atoms with E-state index in [1.807, 2.05) is 35.8 Å². The Kier molecular flexibility index (Phi) is 19.5. The molecule has 5 amide bonds. The largest absolute Gasteiger partial charge is 0.497 e. The summed E-state index contributed by atoms with van der Waals surface area (Å²) in [7, 11) is 5.03. The monoisotopic (exact) mass is 1090 g/mol. The highest BCUT2D eigenvalue weighted by Gasteiger charge is 2.38. The number of aryl methyl sites for hydroxylation is 3. The maximum absolute atomic E-state index is 14.5. The van der Waals surface area contributed by atoms with E-state index < -0.39 is 24.0 Å². The number of aromatic nitrogens is 4. The molecule has 1 saturated carbocycles. The fourth-order valence-corrected chi connectivity index (χ4v) is 11.4. The molecular weight excluding hydrogens is 1020 g/mol. The van der Waals surface area contributed by atoms with Crippen molar-refractivity contribution in [2.75, 3.05) is 79.9 Å². The van der Waals surface area contributed by atoms with E-state index in [-0.39, 0.29) is 112 Å². The van der Waals surface area contributed by atoms with Crippen LogP contribution in [0.5, 0.6) is 5.75 Å². The Morgan fingerprint density at radius 2 is 1.53 bits per heavy atom. The molecule has 0 unspecified atom stereocenters. The van der Waals surface area contributed by atoms with E-state index in [1.165, 1.54) is 0 Å². The Balaban J connectivity index is 0.00000820. The normalized spacial score (nSPS) is 16.5. The molecule has 404 valence electrons. The molecule has 2 fully saturated rings. The van der Waals surface area contributed by atoms with E-state index in [0.717, 1.165) is 64.4 Å². The van der Waals surface area contributed by atoms with Crippen LogP contribution in [0.4, 0.5) is 0 Å². The van der Waals surface area contributed by atoms with Crippen LogP contribution in [0.2, 0.25) is 5.02 Å². The molecular formula is C53H69Cl2N11O8S. The molecule has 0 radical (unpaired) electrons. The van der Waals surface area contributed by atoms with Gasteiger partial charge in [-0.1, -0.05) is 43.0 Å². The molecule has 1 saturated heterocycles. The van der Waals surface area contributed by atoms with Crippen molar-refractivity contribution in [3.63, 3.8) is 0 Å². The molecule has 2 aromatic carbocycles. The summed E-state index contributed by atoms with van der Waals surface area (Å²) in [6.07, 6.45) is 4.96. The van der Waals surface area contributed by atoms with Crippen LogP contribution in [-0.4, -0.2) is 156 Å². The molecule has 3 aliphatic rings. The second kappa shape index (κ2) is 25.8. The topological polar surface area (TPSA) is 216 Å². The minimum absolute atomic E-state index is 0. The second-order valence-corrected chi connectivity index (χ2v) is 20.8. The lowest BCUT2D eigenvalue weighted by atomic mass is 9.83. The Bertz CT molecular complexity index is 2890. The third kappa shape index (κ3) is 12.7. The molecule has 5 heterocycles. The summed E-state index contributed by atoms with van der Waals surface area (Å²) in [5.41, 5.74) is 4.90. The van der Waals surface area contributed by atoms with Gasteiger partial charge in [0.25, 0.3) is 11.8 Å². The van der Waals surface area contributed by atoms with Gasteiger partial charge < -0.3 is 49.8 Å². The summed E-state index contributed by atoms with van der Waals surface area (Å²) < 4.78 is 20.8. The number of piperazine rings is 1. The van der Waals surface area contributed by atoms with Gasteiger partial charge in [0.1, 0.15) is 34.4 Å². The van der Waals surface area contributed by atoms with Gasteiger partial charge in [-0.3, -0.25) is 33.5 Å². The zero-order valence-electron chi connectivity index (χ0n) is 43.8. The van der Waals surface area contributed by atoms with Gasteiger partial charge >= 0.3 is 0 Å². The number of likely N-dealkylation sites (N-methyl/N-ethyl adjacent to an activating group) is 1. The van der Waals surface area contributed by atoms with Crippen molar-refractivity contribution in [3.05, 3.63) is 92.0 Å². The number of methoxy groups -OCH3 is 1. The molecule has 3 aromatic heterocycles. The smallest absolute Gasteiger partial charge is 0.271 e. The molecule has 3 atom stereocenters. The fraction of sp³-hybridized carbons (Fsp3) is 0.509. The third-order valence-corrected chi connectivity index (χ3v) is 15.9. The van der Waals surface area contributed by atoms with Crippen molar-refractivity contribution in [1.82, 2.24) is 50.4 Å². The maximum Gasteiger partial charge on any atom is 0.271 e. The predicted molar refractivity (Wildman–Crippen MR) is 291 cm³/mol. The van der Waals surface area contributed by atoms with E-state index in [9.17, 15) is 24.0 Å². The van der Waals surface area contributed by atoms with Gasteiger partial charge in [0.15, 0.2) is 5.82 Å². The highest BCUT2D eigenvalue weighted by Crippen LogP contribution is 2.40. The summed E-state index contributed by atoms with van der Waals surface area (Å²) in [6, 6.07) is 11.2. The van der Waals surface area contributed by atoms with Gasteiger partial charge in [0, 0.05) is 78.8 Å². The van der Waals surface area contributed by atoms with Crippen LogP contribution in [0, 0.1) is 26.7 Å². The number of hydrogen-bond donors (Lipinski definition) is 4. The number of amides is 5. The number of halogens is 2. The van der Waals surface area contributed by atoms with Gasteiger partial charge in [0.2, 0.25) is 17.7 Å². The number of nitrogens with zero attached hydrogens (tertiary/aromatic N) is 7. The minimum Gasteiger partial charge on any atom is -0.497 e. The molecule has 75 heavy (non-hydrogen) atoms. The summed E-state index contributed by atoms with van der Waals surface area (Å²) in [6.45, 7) is 10.4. The SMILES string of the molecule is CN[C@@H](C)C(=O)N[C@H](C(=O)N1CCN(C(=O)c2c(C(=O)NCCOCCOCCNC(=O)C[C@@H]3N=C(c4ccc(Cl)cc4)c4c(sc(C)c4C)-n4c(C)nnc43)c3ccc(OC)cc3n2C)CC1)C1CCCCC1.Cl. The lowest BCUT2D eigenvalue weighted by Gasteiger charge is -2.39. The molecule has 1 aliphatic carbocycles. The molecule has 22 heteroatoms. The lowest BCUT2D eigenvalue weighted by molar-refractivity contribution is -0.140. The number of rotatable bonds is 20. The molecule has 8 rings (SSSR count). The summed E-state index contributed by atoms with van der Waals surface area (Å²) >= 11 is 7.90. The fourth-order valence-electron chi connectivity index (χ4n) is 10.0. The highest BCUT2D eigenvalue weighted by atomic mass is 35.5. The average molecular weight is 1090 g/mol. The van der Waals surface area contributed by atoms with Crippen LogP contribution in [0.3, 0.4) is 0 Å². The number of hydrogen-bond acceptors (Lipinski definition) is 13. The lowest BCUT2D eigenvalue weighted by Crippen LogP contribution is -2.59. The van der Waals surface area contributed by atoms with E-state index >= 15 is 0 Å². The molecule has 2 aliphatic heterocycles. The highest BCUT2D eigenvalue weighted by molar-refractivity contribution is 7.15. The number of thiophene rings is 1. The third-order valence-electron chi connectivity index (χ3n) is 14.4. The Morgan fingerprint density at radius 3 is 2.20 bits per heavy atom. The first-order chi connectivity index (χ1) is 35.7. The van der Waals surface area contributed by atoms with E-state index in [0.29, 0.717) is 46.4 Å². The number of carbonyl (C=O) groups is 5. The van der Waals surface area contributed by atoms with Crippen molar-refractivity contribution in [1.29, 1.82) is 0 Å². The van der Waals surface area contributed by atoms with Crippen molar-refractivity contribution >= 4 is 81.5 Å². The summed E-state index contributed by atoms with van der Waals surface area (Å²) in [5.74, 6) is 0.652. The summed E-state index contributed by atoms with van der Waals surface area (Å²) in [5, 5.41) is 22.9. The number of fused-ring (bicyclic) bond motifs is 4. The van der Waals surface area contributed by atoms with E-state index in [4.69, 9.17) is 30.8 Å². The first-order valence-electron chi connectivity index (χ1n) is 25.5. The average Bonchev–Trinajstić information content (AvgIpc) is 4.03. The van der Waals surface area contributed by atoms with Gasteiger partial charge in [-0.25, -0.2) is 0 Å². The van der Waals surface area contributed by atoms with Crippen molar-refractivity contribution < 1.29 is 38.2 Å². The standard InChI is InChI=1S/C53H68ClN11O8S.ClH/c1-31-33(3)74-53-43(31)45(36-13-15-37(54)16-14-36)58-40(48-61-60-34(4)65(48)53)30-42(66)56-19-25-72-27-28-73-26-20-57-50(68)44-39-18-17-38(71-7)29-41(39)62(6)47(44)52(70)64-23-21-63(22-24-64)51(69)46(35-11-9-8-10-12-35)59-49(67)32(2)55-5;/h13-18,29,32,35,40,46,55H,8-12,19-28,30H2,1-7H3,(H,56,66)(H,57,68)(H,59,67);1H/t32-,40-,46-;/m0./s1. The zero-order valence-corrected chi connectivity index (χ0v) is 46.1. The van der Waals surface area contributed by atoms with Gasteiger partial charge in [-0.15, -0.1) is 33.9 Å². The predicted octanol–water partition coefficient (Wildman–Crippen LogP) is 5.65. The van der Waals surface area contributed by atoms with Crippen LogP contribution in [0.15, 0.2) is 47.5 Å². The minimum atomic E-state index is -0.628. The molecule has 0 spiro atoms. The number of nitrogens with one attached hydrogen (secondary N) is 4. The van der Waals surface area contributed by atoms with E-state index in [1.54, 1.807) is 72.0 Å². The van der Waals surface area contributed by atoms with Crippen molar-refractivity contribution in [3.8, 4) is 10.8 Å². The summed E-state index contributed by atoms with van der Waals surface area (Å²) in [4.78, 5) is 78.7. The second-order valence-electron chi connectivity index (χ2n) is 19.1. The molecule has 4 N–H and O–H groups in total. The number of benzene rings is 2. The molecule has 19 nitrogen and oxygen atoms in total. The Hall–Kier alpha value is -5.90. The quantitative estimate of drug-likeness (QED) is 0.0699. The van der Waals surface area contributed by atoms with Crippen LogP contribution in [-0.2, 0) is 30.9 Å². The number of carbonyl (C=O) groups excluding carboxylic acids is 5. The molecule has 5 aromatic rings. The van der Waals surface area contributed by atoms with Crippen LogP contribution in [0.25, 0.3) is 15.9 Å². The van der Waals surface area contributed by atoms with Crippen molar-refractivity contribution in [2.45, 2.75) is 84.3 Å². The van der Waals surface area contributed by atoms with Crippen molar-refractivity contribution in [2.24, 2.45) is 18.0 Å². The van der Waals surface area contributed by atoms with Gasteiger partial charge in [0.05, 0.1) is 62.8 Å². The Labute approximate surface area is 452 Å². The van der Waals surface area contributed by atoms with Crippen LogP contribution >= 0.6 is 35.3 Å². The number of ether oxygens (including phenoxy) is 3. The van der Waals surface area contributed by atoms with Gasteiger partial charge in [-0.2, -0.15) is 0 Å². The maximum atomic E-state index is 14.5. The van der Waals surface area contributed by atoms with Crippen LogP contribution in [0.1, 0.15) is 106 Å². The number of aliphatic imine (C=N–C) groups is 1. The zero-order chi connectivity index (χ0) is 52.6. The first kappa shape index (κ1) is 56.8.